The second kappa shape index (κ2) is 36.1. The van der Waals surface area contributed by atoms with E-state index in [1.54, 1.807) is 0 Å². The Balaban J connectivity index is 0.0000156. The normalized spacial score (nSPS) is 29.2. The molecule has 0 heterocycles. The minimum atomic E-state index is -5.76. The predicted octanol–water partition coefficient (Wildman–Crippen LogP) is 6.12. The van der Waals surface area contributed by atoms with Crippen LogP contribution in [0.15, 0.2) is 0 Å². The summed E-state index contributed by atoms with van der Waals surface area (Å²) in [7, 11) is -11.3. The van der Waals surface area contributed by atoms with Crippen molar-refractivity contribution in [3.05, 3.63) is 0 Å². The van der Waals surface area contributed by atoms with E-state index in [0.717, 1.165) is 57.5 Å². The van der Waals surface area contributed by atoms with Crippen LogP contribution >= 0.6 is 15.2 Å². The summed E-state index contributed by atoms with van der Waals surface area (Å²) >= 11 is 0. The molecule has 1 amide bonds. The average Bonchev–Trinajstić information content (AvgIpc) is 3.81. The molecule has 4 aliphatic rings. The average molecular weight is 1140 g/mol. The topological polar surface area (TPSA) is 282 Å². The van der Waals surface area contributed by atoms with E-state index in [1.807, 2.05) is 0 Å². The molecule has 0 saturated heterocycles. The predicted molar refractivity (Wildman–Crippen MR) is 296 cm³/mol. The van der Waals surface area contributed by atoms with Crippen LogP contribution in [0.1, 0.15) is 208 Å². The fraction of sp³-hybridized carbons (Fsp3) is 0.965. The van der Waals surface area contributed by atoms with Crippen molar-refractivity contribution < 1.29 is 96.6 Å². The van der Waals surface area contributed by atoms with E-state index in [0.29, 0.717) is 74.8 Å². The number of nitrogens with two attached hydrogens (primary N) is 2. The van der Waals surface area contributed by atoms with E-state index in [1.165, 1.54) is 83.5 Å². The van der Waals surface area contributed by atoms with Gasteiger partial charge in [-0.3, -0.25) is 14.2 Å². The first-order chi connectivity index (χ1) is 36.2. The molecule has 0 aromatic heterocycles. The van der Waals surface area contributed by atoms with E-state index in [2.05, 4.69) is 39.9 Å². The first-order valence-electron chi connectivity index (χ1n) is 30.2. The molecule has 4 saturated carbocycles. The number of ketones is 1. The summed E-state index contributed by atoms with van der Waals surface area (Å²) in [4.78, 5) is 63.6. The quantitative estimate of drug-likeness (QED) is 0.0206. The van der Waals surface area contributed by atoms with E-state index in [4.69, 9.17) is 40.0 Å². The van der Waals surface area contributed by atoms with Gasteiger partial charge >= 0.3 is 37.2 Å². The SMILES string of the molecule is CCCCCC(CCCCC)CCC[C@@H](C)[C@H]1CC[C@H]2C3[C@H](OCCCN)CC4C[C@H](OCCCNC(=O)CCOCCOCCC(=O)CCCCC(O)(P(=O)([O-])O)P(=O)(O)O)CC[C@]4(C)[C@H]3C[C@H](OCCCN)C12C.[Na+]. The minimum Gasteiger partial charge on any atom is -0.776 e. The Bertz CT molecular complexity index is 1730. The third-order valence-corrected chi connectivity index (χ3v) is 22.8. The molecule has 77 heavy (non-hydrogen) atoms. The number of Topliss-reactive ketones (excluding diaryl/α,β-unsaturated/α-hetero) is 1. The van der Waals surface area contributed by atoms with E-state index in [-0.39, 0.29) is 129 Å². The number of hydrogen-bond donors (Lipinski definition) is 7. The molecule has 4 fully saturated rings. The van der Waals surface area contributed by atoms with Gasteiger partial charge in [0.2, 0.25) is 11.0 Å². The second-order valence-corrected chi connectivity index (χ2v) is 28.1. The van der Waals surface area contributed by atoms with Crippen LogP contribution in [-0.2, 0) is 42.4 Å². The fourth-order valence-corrected chi connectivity index (χ4v) is 16.8. The third kappa shape index (κ3) is 21.3. The standard InChI is InChI=1S/C57H109N3O14P2.Na/c1-6-8-10-19-44(20-11-9-7-2)21-14-18-43(3)48-23-24-49-54-50(42-52(56(48,49)5)74-34-16-31-59)55(4)29-25-47(40-45(55)41-51(54)73-33-15-30-58)72-35-17-32-60-53(62)27-37-71-39-38-70-36-26-46(61)22-12-13-28-57(63,75(64,65)66)76(67,68)69;/h43-45,47-52,54,63H,6-42,58-59H2,1-5H3,(H,60,62)(H2,64,65,66)(H2,67,68,69);/q;+1/p-1/t43-,45?,47-,48-,49+,50+,51-,52+,54?,55+,56?;/m1./s1. The second-order valence-electron chi connectivity index (χ2n) is 24.1. The van der Waals surface area contributed by atoms with Gasteiger partial charge in [0.15, 0.2) is 7.60 Å². The molecular weight excluding hydrogens is 1040 g/mol. The molecular formula is C57H108N3NaO14P2. The van der Waals surface area contributed by atoms with Crippen LogP contribution in [0.3, 0.4) is 0 Å². The number of carbonyl (C=O) groups is 2. The number of amides is 1. The van der Waals surface area contributed by atoms with Gasteiger partial charge in [-0.05, 0) is 143 Å². The summed E-state index contributed by atoms with van der Waals surface area (Å²) in [6.07, 6.45) is 25.1. The largest absolute Gasteiger partial charge is 1.00 e. The molecule has 5 unspecified atom stereocenters. The molecule has 0 aromatic carbocycles. The van der Waals surface area contributed by atoms with E-state index in [9.17, 15) is 38.5 Å². The van der Waals surface area contributed by atoms with Crippen LogP contribution in [0.25, 0.3) is 0 Å². The van der Waals surface area contributed by atoms with Crippen molar-refractivity contribution in [2.24, 2.45) is 63.7 Å². The maximum atomic E-state index is 12.6. The number of unbranched alkanes of at least 4 members (excludes halogenated alkanes) is 5. The van der Waals surface area contributed by atoms with E-state index < -0.39 is 26.7 Å². The number of carbonyl (C=O) groups excluding carboxylic acids is 2. The molecule has 0 aromatic rings. The van der Waals surface area contributed by atoms with Crippen molar-refractivity contribution >= 4 is 26.9 Å². The Hall–Kier alpha value is 0.120. The Morgan fingerprint density at radius 2 is 1.34 bits per heavy atom. The summed E-state index contributed by atoms with van der Waals surface area (Å²) in [6.45, 7) is 17.0. The summed E-state index contributed by atoms with van der Waals surface area (Å²) in [6, 6.07) is 0. The molecule has 446 valence electrons. The Morgan fingerprint density at radius 1 is 0.714 bits per heavy atom. The van der Waals surface area contributed by atoms with Crippen molar-refractivity contribution in [2.75, 3.05) is 65.9 Å². The maximum absolute atomic E-state index is 12.6. The van der Waals surface area contributed by atoms with Gasteiger partial charge in [-0.2, -0.15) is 0 Å². The van der Waals surface area contributed by atoms with Gasteiger partial charge in [0, 0.05) is 51.0 Å². The zero-order valence-corrected chi connectivity index (χ0v) is 52.6. The Kier molecular flexibility index (Phi) is 33.4. The summed E-state index contributed by atoms with van der Waals surface area (Å²) < 4.78 is 54.5. The molecule has 0 aliphatic heterocycles. The molecule has 0 bridgehead atoms. The van der Waals surface area contributed by atoms with Gasteiger partial charge in [-0.15, -0.1) is 0 Å². The smallest absolute Gasteiger partial charge is 0.776 e. The number of nitrogens with one attached hydrogen (secondary N) is 1. The van der Waals surface area contributed by atoms with Crippen LogP contribution in [0.4, 0.5) is 0 Å². The van der Waals surface area contributed by atoms with Gasteiger partial charge in [0.1, 0.15) is 5.78 Å². The molecule has 0 radical (unpaired) electrons. The minimum absolute atomic E-state index is 0. The fourth-order valence-electron chi connectivity index (χ4n) is 14.6. The molecule has 17 nitrogen and oxygen atoms in total. The van der Waals surface area contributed by atoms with Crippen LogP contribution in [0.2, 0.25) is 0 Å². The zero-order valence-electron chi connectivity index (χ0n) is 48.9. The molecule has 4 aliphatic carbocycles. The Morgan fingerprint density at radius 3 is 1.96 bits per heavy atom. The van der Waals surface area contributed by atoms with Crippen molar-refractivity contribution in [1.29, 1.82) is 0 Å². The summed E-state index contributed by atoms with van der Waals surface area (Å²) in [5, 5.41) is 9.28. The van der Waals surface area contributed by atoms with Crippen molar-refractivity contribution in [3.63, 3.8) is 0 Å². The first-order valence-corrected chi connectivity index (χ1v) is 33.4. The van der Waals surface area contributed by atoms with Crippen LogP contribution in [0.5, 0.6) is 0 Å². The number of rotatable bonds is 42. The third-order valence-electron chi connectivity index (χ3n) is 19.0. The van der Waals surface area contributed by atoms with Crippen LogP contribution in [0, 0.1) is 52.3 Å². The van der Waals surface area contributed by atoms with Gasteiger partial charge in [-0.1, -0.05) is 105 Å². The number of ether oxygens (including phenoxy) is 5. The molecule has 13 atom stereocenters. The zero-order chi connectivity index (χ0) is 55.8. The monoisotopic (exact) mass is 1140 g/mol. The van der Waals surface area contributed by atoms with E-state index >= 15 is 0 Å². The van der Waals surface area contributed by atoms with Gasteiger partial charge < -0.3 is 69.7 Å². The van der Waals surface area contributed by atoms with Crippen molar-refractivity contribution in [2.45, 2.75) is 231 Å². The van der Waals surface area contributed by atoms with Crippen molar-refractivity contribution in [3.8, 4) is 0 Å². The molecule has 9 N–H and O–H groups in total. The number of hydrogen-bond acceptors (Lipinski definition) is 13. The number of fused-ring (bicyclic) bond motifs is 5. The number of aliphatic hydroxyl groups is 1. The summed E-state index contributed by atoms with van der Waals surface area (Å²) in [5.41, 5.74) is 12.4. The summed E-state index contributed by atoms with van der Waals surface area (Å²) in [5.74, 6) is 3.95. The first kappa shape index (κ1) is 71.4. The molecule has 20 heteroatoms. The maximum Gasteiger partial charge on any atom is 1.00 e. The molecule has 0 spiro atoms. The van der Waals surface area contributed by atoms with Gasteiger partial charge in [0.05, 0.1) is 44.7 Å². The van der Waals surface area contributed by atoms with Crippen molar-refractivity contribution in [1.82, 2.24) is 5.32 Å². The van der Waals surface area contributed by atoms with Crippen LogP contribution in [-0.4, -0.2) is 121 Å². The Labute approximate surface area is 487 Å². The van der Waals surface area contributed by atoms with Gasteiger partial charge in [0.25, 0.3) is 0 Å². The van der Waals surface area contributed by atoms with Crippen LogP contribution < -0.4 is 51.2 Å². The molecule has 4 rings (SSSR count). The van der Waals surface area contributed by atoms with Gasteiger partial charge in [-0.25, -0.2) is 0 Å².